The van der Waals surface area contributed by atoms with Gasteiger partial charge in [-0.15, -0.1) is 6.42 Å². The van der Waals surface area contributed by atoms with Crippen molar-refractivity contribution in [2.45, 2.75) is 13.8 Å². The Labute approximate surface area is 225 Å². The van der Waals surface area contributed by atoms with Gasteiger partial charge < -0.3 is 14.0 Å². The van der Waals surface area contributed by atoms with Crippen LogP contribution in [0.1, 0.15) is 28.5 Å². The summed E-state index contributed by atoms with van der Waals surface area (Å²) in [6.07, 6.45) is 6.84. The maximum atomic E-state index is 12.7. The summed E-state index contributed by atoms with van der Waals surface area (Å²) < 4.78 is 14.1. The monoisotopic (exact) mass is 555 g/mol. The lowest BCUT2D eigenvalue weighted by Crippen LogP contribution is -2.17. The molecule has 4 aromatic rings. The number of rotatable bonds is 9. The van der Waals surface area contributed by atoms with Crippen LogP contribution < -0.4 is 14.9 Å². The van der Waals surface area contributed by atoms with Gasteiger partial charge in [0.15, 0.2) is 11.5 Å². The van der Waals surface area contributed by atoms with Crippen LogP contribution >= 0.6 is 15.9 Å². The summed E-state index contributed by atoms with van der Waals surface area (Å²) in [7, 11) is 0. The molecule has 0 radical (unpaired) electrons. The Balaban J connectivity index is 1.47. The van der Waals surface area contributed by atoms with Gasteiger partial charge in [-0.05, 0) is 89.4 Å². The Hall–Kier alpha value is -4.28. The first-order valence-corrected chi connectivity index (χ1v) is 12.5. The number of terminal acetylenes is 1. The van der Waals surface area contributed by atoms with Crippen molar-refractivity contribution in [1.82, 2.24) is 9.99 Å². The van der Waals surface area contributed by atoms with Crippen molar-refractivity contribution in [3.05, 3.63) is 100 Å². The summed E-state index contributed by atoms with van der Waals surface area (Å²) in [4.78, 5) is 12.7. The molecule has 0 aliphatic rings. The fraction of sp³-hybridized carbons (Fsp3) is 0.133. The summed E-state index contributed by atoms with van der Waals surface area (Å²) in [5, 5.41) is 4.11. The van der Waals surface area contributed by atoms with Gasteiger partial charge in [0, 0.05) is 16.9 Å². The third-order valence-corrected chi connectivity index (χ3v) is 6.13. The number of aromatic nitrogens is 1. The molecule has 0 unspecified atom stereocenters. The van der Waals surface area contributed by atoms with Gasteiger partial charge >= 0.3 is 0 Å². The Morgan fingerprint density at radius 2 is 1.84 bits per heavy atom. The van der Waals surface area contributed by atoms with Crippen molar-refractivity contribution >= 4 is 28.1 Å². The van der Waals surface area contributed by atoms with E-state index in [1.54, 1.807) is 24.4 Å². The number of hydrazone groups is 1. The van der Waals surface area contributed by atoms with E-state index in [1.165, 1.54) is 0 Å². The first-order chi connectivity index (χ1) is 18.0. The van der Waals surface area contributed by atoms with E-state index in [0.717, 1.165) is 28.2 Å². The van der Waals surface area contributed by atoms with Gasteiger partial charge in [0.1, 0.15) is 6.61 Å². The standard InChI is InChI=1S/C30H26BrN3O3/c1-4-17-37-29-26(31)18-22(19-28(29)36-5-2)20-32-33-30(35)24-12-14-25(15-13-24)34-21(3)11-16-27(34)23-9-7-6-8-10-23/h1,6-16,18-20H,5,17H2,2-3H3,(H,33,35)/b32-20+. The number of amides is 1. The molecule has 0 fully saturated rings. The SMILES string of the molecule is C#CCOc1c(Br)cc(/C=N/NC(=O)c2ccc(-n3c(C)ccc3-c3ccccc3)cc2)cc1OCC. The average molecular weight is 556 g/mol. The second kappa shape index (κ2) is 12.1. The molecule has 37 heavy (non-hydrogen) atoms. The van der Waals surface area contributed by atoms with Gasteiger partial charge in [0.2, 0.25) is 0 Å². The van der Waals surface area contributed by atoms with E-state index in [1.807, 2.05) is 43.3 Å². The molecule has 0 bridgehead atoms. The number of carbonyl (C=O) groups excluding carboxylic acids is 1. The molecular weight excluding hydrogens is 530 g/mol. The molecule has 186 valence electrons. The van der Waals surface area contributed by atoms with E-state index in [-0.39, 0.29) is 12.5 Å². The van der Waals surface area contributed by atoms with E-state index in [9.17, 15) is 4.79 Å². The molecule has 1 N–H and O–H groups in total. The maximum absolute atomic E-state index is 12.7. The zero-order valence-corrected chi connectivity index (χ0v) is 22.2. The quantitative estimate of drug-likeness (QED) is 0.148. The van der Waals surface area contributed by atoms with Crippen LogP contribution in [-0.4, -0.2) is 29.9 Å². The van der Waals surface area contributed by atoms with Crippen molar-refractivity contribution in [1.29, 1.82) is 0 Å². The molecule has 0 spiro atoms. The molecule has 6 nitrogen and oxygen atoms in total. The van der Waals surface area contributed by atoms with Crippen LogP contribution in [0, 0.1) is 19.3 Å². The van der Waals surface area contributed by atoms with Crippen LogP contribution in [0.2, 0.25) is 0 Å². The summed E-state index contributed by atoms with van der Waals surface area (Å²) in [6.45, 7) is 4.52. The normalized spacial score (nSPS) is 10.8. The number of halogens is 1. The topological polar surface area (TPSA) is 64.8 Å². The van der Waals surface area contributed by atoms with E-state index in [2.05, 4.69) is 68.1 Å². The van der Waals surface area contributed by atoms with Gasteiger partial charge in [0.25, 0.3) is 5.91 Å². The summed E-state index contributed by atoms with van der Waals surface area (Å²) in [5.74, 6) is 3.18. The third kappa shape index (κ3) is 6.11. The van der Waals surface area contributed by atoms with E-state index in [4.69, 9.17) is 15.9 Å². The minimum atomic E-state index is -0.312. The predicted octanol–water partition coefficient (Wildman–Crippen LogP) is 6.39. The Morgan fingerprint density at radius 1 is 1.08 bits per heavy atom. The van der Waals surface area contributed by atoms with Gasteiger partial charge in [0.05, 0.1) is 23.0 Å². The molecule has 0 atom stereocenters. The minimum Gasteiger partial charge on any atom is -0.490 e. The van der Waals surface area contributed by atoms with Crippen LogP contribution in [0.3, 0.4) is 0 Å². The van der Waals surface area contributed by atoms with E-state index < -0.39 is 0 Å². The lowest BCUT2D eigenvalue weighted by molar-refractivity contribution is 0.0955. The smallest absolute Gasteiger partial charge is 0.271 e. The molecule has 0 aliphatic carbocycles. The molecule has 1 heterocycles. The van der Waals surface area contributed by atoms with Crippen molar-refractivity contribution in [3.8, 4) is 40.8 Å². The Kier molecular flexibility index (Phi) is 8.44. The number of aryl methyl sites for hydroxylation is 1. The van der Waals surface area contributed by atoms with E-state index >= 15 is 0 Å². The zero-order chi connectivity index (χ0) is 26.2. The van der Waals surface area contributed by atoms with Gasteiger partial charge in [-0.2, -0.15) is 5.10 Å². The van der Waals surface area contributed by atoms with Crippen LogP contribution in [0.15, 0.2) is 88.4 Å². The largest absolute Gasteiger partial charge is 0.490 e. The molecule has 3 aromatic carbocycles. The molecule has 0 saturated carbocycles. The number of hydrogen-bond donors (Lipinski definition) is 1. The maximum Gasteiger partial charge on any atom is 0.271 e. The predicted molar refractivity (Wildman–Crippen MR) is 151 cm³/mol. The minimum absolute atomic E-state index is 0.123. The van der Waals surface area contributed by atoms with Crippen LogP contribution in [0.4, 0.5) is 0 Å². The zero-order valence-electron chi connectivity index (χ0n) is 20.6. The van der Waals surface area contributed by atoms with Crippen LogP contribution in [-0.2, 0) is 0 Å². The number of hydrogen-bond acceptors (Lipinski definition) is 4. The Morgan fingerprint density at radius 3 is 2.54 bits per heavy atom. The summed E-state index contributed by atoms with van der Waals surface area (Å²) >= 11 is 3.48. The van der Waals surface area contributed by atoms with Gasteiger partial charge in [-0.3, -0.25) is 4.79 Å². The molecule has 0 aliphatic heterocycles. The number of benzene rings is 3. The summed E-state index contributed by atoms with van der Waals surface area (Å²) in [5.41, 5.74) is 8.10. The lowest BCUT2D eigenvalue weighted by atomic mass is 10.1. The van der Waals surface area contributed by atoms with Crippen LogP contribution in [0.5, 0.6) is 11.5 Å². The van der Waals surface area contributed by atoms with E-state index in [0.29, 0.717) is 28.1 Å². The van der Waals surface area contributed by atoms with Crippen LogP contribution in [0.25, 0.3) is 16.9 Å². The van der Waals surface area contributed by atoms with Gasteiger partial charge in [-0.1, -0.05) is 36.3 Å². The highest BCUT2D eigenvalue weighted by Crippen LogP contribution is 2.36. The lowest BCUT2D eigenvalue weighted by Gasteiger charge is -2.13. The third-order valence-electron chi connectivity index (χ3n) is 5.54. The first-order valence-electron chi connectivity index (χ1n) is 11.7. The van der Waals surface area contributed by atoms with Crippen molar-refractivity contribution < 1.29 is 14.3 Å². The molecular formula is C30H26BrN3O3. The fourth-order valence-corrected chi connectivity index (χ4v) is 4.46. The number of ether oxygens (including phenoxy) is 2. The fourth-order valence-electron chi connectivity index (χ4n) is 3.89. The second-order valence-corrected chi connectivity index (χ2v) is 8.92. The first kappa shape index (κ1) is 25.8. The van der Waals surface area contributed by atoms with Gasteiger partial charge in [-0.25, -0.2) is 5.43 Å². The van der Waals surface area contributed by atoms with Crippen molar-refractivity contribution in [2.75, 3.05) is 13.2 Å². The molecule has 1 amide bonds. The molecule has 0 saturated heterocycles. The second-order valence-electron chi connectivity index (χ2n) is 8.06. The molecule has 1 aromatic heterocycles. The highest BCUT2D eigenvalue weighted by Gasteiger charge is 2.13. The number of nitrogens with zero attached hydrogens (tertiary/aromatic N) is 2. The number of carbonyl (C=O) groups is 1. The number of nitrogens with one attached hydrogen (secondary N) is 1. The highest BCUT2D eigenvalue weighted by molar-refractivity contribution is 9.10. The molecule has 7 heteroatoms. The Bertz CT molecular complexity index is 1450. The van der Waals surface area contributed by atoms with Crippen molar-refractivity contribution in [2.24, 2.45) is 5.10 Å². The summed E-state index contributed by atoms with van der Waals surface area (Å²) in [6, 6.07) is 25.4. The van der Waals surface area contributed by atoms with Crippen molar-refractivity contribution in [3.63, 3.8) is 0 Å². The average Bonchev–Trinajstić information content (AvgIpc) is 3.30. The molecule has 4 rings (SSSR count). The highest BCUT2D eigenvalue weighted by atomic mass is 79.9.